The molecule has 0 aromatic heterocycles. The molecule has 1 aliphatic heterocycles. The number of sulfone groups is 1. The molecule has 1 saturated heterocycles. The van der Waals surface area contributed by atoms with Crippen molar-refractivity contribution in [3.63, 3.8) is 0 Å². The molecule has 0 atom stereocenters. The first-order valence-electron chi connectivity index (χ1n) is 11.6. The van der Waals surface area contributed by atoms with Crippen LogP contribution in [0.2, 0.25) is 0 Å². The van der Waals surface area contributed by atoms with Crippen molar-refractivity contribution in [2.75, 3.05) is 44.7 Å². The van der Waals surface area contributed by atoms with Crippen molar-refractivity contribution in [1.82, 2.24) is 15.5 Å². The summed E-state index contributed by atoms with van der Waals surface area (Å²) in [5.74, 6) is 1.08. The maximum Gasteiger partial charge on any atom is 0.191 e. The van der Waals surface area contributed by atoms with Crippen LogP contribution in [0.15, 0.2) is 4.99 Å². The van der Waals surface area contributed by atoms with Gasteiger partial charge in [-0.2, -0.15) is 0 Å². The SMILES string of the molecule is CCNC(=NCC(C)(C)CCS(C)(=O)=O)NCC1(N2CCCCC2)CCCCC1. The molecule has 0 amide bonds. The summed E-state index contributed by atoms with van der Waals surface area (Å²) in [6, 6.07) is 0. The quantitative estimate of drug-likeness (QED) is 0.436. The Morgan fingerprint density at radius 2 is 1.66 bits per heavy atom. The molecular weight excluding hydrogens is 384 g/mol. The second kappa shape index (κ2) is 11.0. The van der Waals surface area contributed by atoms with Crippen LogP contribution in [0.25, 0.3) is 0 Å². The lowest BCUT2D eigenvalue weighted by molar-refractivity contribution is 0.0368. The molecule has 170 valence electrons. The van der Waals surface area contributed by atoms with E-state index < -0.39 is 9.84 Å². The number of piperidine rings is 1. The number of nitrogens with one attached hydrogen (secondary N) is 2. The summed E-state index contributed by atoms with van der Waals surface area (Å²) in [7, 11) is -2.94. The van der Waals surface area contributed by atoms with Crippen LogP contribution in [0.4, 0.5) is 0 Å². The van der Waals surface area contributed by atoms with Crippen LogP contribution in [0.3, 0.4) is 0 Å². The first kappa shape index (κ1) is 24.4. The van der Waals surface area contributed by atoms with Crippen LogP contribution < -0.4 is 10.6 Å². The van der Waals surface area contributed by atoms with E-state index in [2.05, 4.69) is 36.3 Å². The highest BCUT2D eigenvalue weighted by Gasteiger charge is 2.38. The van der Waals surface area contributed by atoms with Crippen LogP contribution in [-0.4, -0.2) is 69.5 Å². The van der Waals surface area contributed by atoms with E-state index in [0.29, 0.717) is 13.0 Å². The third-order valence-electron chi connectivity index (χ3n) is 6.56. The number of rotatable bonds is 9. The summed E-state index contributed by atoms with van der Waals surface area (Å²) in [4.78, 5) is 7.58. The van der Waals surface area contributed by atoms with Crippen LogP contribution in [0.1, 0.15) is 78.6 Å². The molecule has 0 unspecified atom stereocenters. The topological polar surface area (TPSA) is 73.8 Å². The minimum Gasteiger partial charge on any atom is -0.357 e. The zero-order chi connectivity index (χ0) is 21.4. The van der Waals surface area contributed by atoms with E-state index in [4.69, 9.17) is 4.99 Å². The highest BCUT2D eigenvalue weighted by molar-refractivity contribution is 7.90. The second-order valence-electron chi connectivity index (χ2n) is 9.93. The van der Waals surface area contributed by atoms with Gasteiger partial charge >= 0.3 is 0 Å². The standard InChI is InChI=1S/C22H44N4O2S/c1-5-23-20(24-18-21(2,3)14-17-29(4,27)28)25-19-22(12-8-6-9-13-22)26-15-10-7-11-16-26/h5-19H2,1-4H3,(H2,23,24,25). The summed E-state index contributed by atoms with van der Waals surface area (Å²) in [6.45, 7) is 11.1. The Hall–Kier alpha value is -0.820. The molecule has 2 aliphatic rings. The van der Waals surface area contributed by atoms with Gasteiger partial charge in [-0.05, 0) is 57.5 Å². The zero-order valence-electron chi connectivity index (χ0n) is 19.2. The van der Waals surface area contributed by atoms with Crippen molar-refractivity contribution >= 4 is 15.8 Å². The maximum absolute atomic E-state index is 11.5. The maximum atomic E-state index is 11.5. The molecule has 0 aromatic rings. The highest BCUT2D eigenvalue weighted by Crippen LogP contribution is 2.35. The molecule has 0 aromatic carbocycles. The van der Waals surface area contributed by atoms with E-state index >= 15 is 0 Å². The average Bonchev–Trinajstić information content (AvgIpc) is 2.70. The molecule has 2 N–H and O–H groups in total. The number of nitrogens with zero attached hydrogens (tertiary/aromatic N) is 2. The van der Waals surface area contributed by atoms with Gasteiger partial charge in [0.05, 0.1) is 5.75 Å². The van der Waals surface area contributed by atoms with E-state index in [1.165, 1.54) is 70.7 Å². The Labute approximate surface area is 179 Å². The average molecular weight is 429 g/mol. The molecule has 0 radical (unpaired) electrons. The Morgan fingerprint density at radius 3 is 2.24 bits per heavy atom. The molecule has 7 heteroatoms. The van der Waals surface area contributed by atoms with Gasteiger partial charge in [0.15, 0.2) is 5.96 Å². The Kier molecular flexibility index (Phi) is 9.26. The van der Waals surface area contributed by atoms with Gasteiger partial charge in [-0.1, -0.05) is 39.5 Å². The summed E-state index contributed by atoms with van der Waals surface area (Å²) >= 11 is 0. The van der Waals surface area contributed by atoms with Gasteiger partial charge in [-0.3, -0.25) is 9.89 Å². The van der Waals surface area contributed by atoms with E-state index in [-0.39, 0.29) is 16.7 Å². The largest absolute Gasteiger partial charge is 0.357 e. The molecule has 1 saturated carbocycles. The lowest BCUT2D eigenvalue weighted by Crippen LogP contribution is -2.59. The Morgan fingerprint density at radius 1 is 1.03 bits per heavy atom. The number of likely N-dealkylation sites (tertiary alicyclic amines) is 1. The highest BCUT2D eigenvalue weighted by atomic mass is 32.2. The van der Waals surface area contributed by atoms with Crippen molar-refractivity contribution < 1.29 is 8.42 Å². The van der Waals surface area contributed by atoms with Crippen LogP contribution in [0, 0.1) is 5.41 Å². The van der Waals surface area contributed by atoms with Gasteiger partial charge in [0.1, 0.15) is 9.84 Å². The minimum atomic E-state index is -2.94. The molecule has 2 rings (SSSR count). The lowest BCUT2D eigenvalue weighted by Gasteiger charge is -2.48. The van der Waals surface area contributed by atoms with E-state index in [9.17, 15) is 8.42 Å². The third-order valence-corrected chi connectivity index (χ3v) is 7.50. The fourth-order valence-electron chi connectivity index (χ4n) is 4.61. The molecule has 0 bridgehead atoms. The van der Waals surface area contributed by atoms with Crippen molar-refractivity contribution in [2.24, 2.45) is 10.4 Å². The predicted octanol–water partition coefficient (Wildman–Crippen LogP) is 3.19. The lowest BCUT2D eigenvalue weighted by atomic mass is 9.79. The summed E-state index contributed by atoms with van der Waals surface area (Å²) in [6.07, 6.45) is 12.5. The minimum absolute atomic E-state index is 0.138. The Balaban J connectivity index is 2.00. The first-order chi connectivity index (χ1) is 13.7. The van der Waals surface area contributed by atoms with Crippen LogP contribution in [0.5, 0.6) is 0 Å². The monoisotopic (exact) mass is 428 g/mol. The summed E-state index contributed by atoms with van der Waals surface area (Å²) < 4.78 is 23.0. The Bertz CT molecular complexity index is 619. The van der Waals surface area contributed by atoms with E-state index in [1.807, 2.05) is 0 Å². The fraction of sp³-hybridized carbons (Fsp3) is 0.955. The predicted molar refractivity (Wildman–Crippen MR) is 123 cm³/mol. The smallest absolute Gasteiger partial charge is 0.191 e. The van der Waals surface area contributed by atoms with Crippen LogP contribution >= 0.6 is 0 Å². The molecule has 29 heavy (non-hydrogen) atoms. The molecular formula is C22H44N4O2S. The van der Waals surface area contributed by atoms with E-state index in [1.54, 1.807) is 0 Å². The number of aliphatic imine (C=N–C) groups is 1. The van der Waals surface area contributed by atoms with Crippen molar-refractivity contribution in [2.45, 2.75) is 84.1 Å². The van der Waals surface area contributed by atoms with Crippen LogP contribution in [-0.2, 0) is 9.84 Å². The van der Waals surface area contributed by atoms with Crippen molar-refractivity contribution in [3.05, 3.63) is 0 Å². The van der Waals surface area contributed by atoms with Crippen molar-refractivity contribution in [3.8, 4) is 0 Å². The normalized spacial score (nSPS) is 21.7. The van der Waals surface area contributed by atoms with Gasteiger partial charge in [-0.25, -0.2) is 8.42 Å². The number of guanidine groups is 1. The number of hydrogen-bond acceptors (Lipinski definition) is 4. The fourth-order valence-corrected chi connectivity index (χ4v) is 5.53. The molecule has 1 heterocycles. The second-order valence-corrected chi connectivity index (χ2v) is 12.2. The molecule has 2 fully saturated rings. The van der Waals surface area contributed by atoms with Gasteiger partial charge in [0.25, 0.3) is 0 Å². The van der Waals surface area contributed by atoms with Crippen molar-refractivity contribution in [1.29, 1.82) is 0 Å². The van der Waals surface area contributed by atoms with Gasteiger partial charge in [0.2, 0.25) is 0 Å². The van der Waals surface area contributed by atoms with Gasteiger partial charge in [-0.15, -0.1) is 0 Å². The first-order valence-corrected chi connectivity index (χ1v) is 13.7. The molecule has 0 spiro atoms. The summed E-state index contributed by atoms with van der Waals surface area (Å²) in [5.41, 5.74) is 0.126. The van der Waals surface area contributed by atoms with E-state index in [0.717, 1.165) is 19.0 Å². The van der Waals surface area contributed by atoms with Gasteiger partial charge < -0.3 is 10.6 Å². The number of hydrogen-bond donors (Lipinski definition) is 2. The van der Waals surface area contributed by atoms with Gasteiger partial charge in [0, 0.05) is 31.4 Å². The summed E-state index contributed by atoms with van der Waals surface area (Å²) in [5, 5.41) is 7.04. The molecule has 6 nitrogen and oxygen atoms in total. The molecule has 1 aliphatic carbocycles. The zero-order valence-corrected chi connectivity index (χ0v) is 20.0. The third kappa shape index (κ3) is 8.44.